The number of aryl methyl sites for hydroxylation is 2. The number of carbonyl (C=O) groups excluding carboxylic acids is 1. The van der Waals surface area contributed by atoms with Crippen LogP contribution in [0.25, 0.3) is 0 Å². The van der Waals surface area contributed by atoms with Crippen molar-refractivity contribution in [3.8, 4) is 0 Å². The first-order valence-corrected chi connectivity index (χ1v) is 8.99. The second-order valence-electron chi connectivity index (χ2n) is 6.26. The molecular weight excluding hydrogens is 310 g/mol. The zero-order valence-corrected chi connectivity index (χ0v) is 15.7. The van der Waals surface area contributed by atoms with Crippen molar-refractivity contribution < 1.29 is 4.79 Å². The predicted octanol–water partition coefficient (Wildman–Crippen LogP) is 4.59. The van der Waals surface area contributed by atoms with E-state index in [0.29, 0.717) is 13.0 Å². The summed E-state index contributed by atoms with van der Waals surface area (Å²) in [5.41, 5.74) is 5.44. The van der Waals surface area contributed by atoms with Crippen LogP contribution in [-0.2, 0) is 4.79 Å². The molecule has 0 fully saturated rings. The lowest BCUT2D eigenvalue weighted by atomic mass is 10.1. The van der Waals surface area contributed by atoms with Gasteiger partial charge in [0.25, 0.3) is 0 Å². The van der Waals surface area contributed by atoms with Gasteiger partial charge in [-0.15, -0.1) is 0 Å². The van der Waals surface area contributed by atoms with E-state index in [1.165, 1.54) is 11.3 Å². The maximum atomic E-state index is 12.1. The Morgan fingerprint density at radius 1 is 1.00 bits per heavy atom. The maximum Gasteiger partial charge on any atom is 0.226 e. The van der Waals surface area contributed by atoms with Crippen LogP contribution in [0.15, 0.2) is 42.5 Å². The van der Waals surface area contributed by atoms with Crippen LogP contribution in [0.3, 0.4) is 0 Å². The van der Waals surface area contributed by atoms with E-state index >= 15 is 0 Å². The number of anilines is 3. The molecule has 2 aromatic carbocycles. The molecule has 2 aromatic rings. The molecule has 0 saturated carbocycles. The van der Waals surface area contributed by atoms with E-state index in [2.05, 4.69) is 59.7 Å². The third-order valence-electron chi connectivity index (χ3n) is 4.33. The van der Waals surface area contributed by atoms with E-state index in [-0.39, 0.29) is 5.91 Å². The lowest BCUT2D eigenvalue weighted by Gasteiger charge is -2.21. The summed E-state index contributed by atoms with van der Waals surface area (Å²) in [4.78, 5) is 14.4. The first-order chi connectivity index (χ1) is 12.0. The monoisotopic (exact) mass is 339 g/mol. The molecule has 0 unspecified atom stereocenters. The minimum absolute atomic E-state index is 0.0271. The van der Waals surface area contributed by atoms with Crippen LogP contribution in [-0.4, -0.2) is 25.5 Å². The lowest BCUT2D eigenvalue weighted by Crippen LogP contribution is -2.21. The molecule has 1 amide bonds. The molecule has 0 bridgehead atoms. The Bertz CT molecular complexity index is 691. The number of hydrogen-bond acceptors (Lipinski definition) is 3. The summed E-state index contributed by atoms with van der Waals surface area (Å²) in [6.45, 7) is 11.0. The fourth-order valence-corrected chi connectivity index (χ4v) is 2.87. The minimum atomic E-state index is 0.0271. The second kappa shape index (κ2) is 9.11. The van der Waals surface area contributed by atoms with Crippen molar-refractivity contribution >= 4 is 23.0 Å². The highest BCUT2D eigenvalue weighted by Gasteiger charge is 2.05. The van der Waals surface area contributed by atoms with Crippen molar-refractivity contribution in [3.05, 3.63) is 53.6 Å². The van der Waals surface area contributed by atoms with Gasteiger partial charge in [-0.2, -0.15) is 0 Å². The van der Waals surface area contributed by atoms with Crippen LogP contribution in [0.5, 0.6) is 0 Å². The highest BCUT2D eigenvalue weighted by Crippen LogP contribution is 2.18. The smallest absolute Gasteiger partial charge is 0.226 e. The Balaban J connectivity index is 1.81. The molecule has 0 aliphatic carbocycles. The minimum Gasteiger partial charge on any atom is -0.385 e. The molecule has 2 N–H and O–H groups in total. The number of amides is 1. The number of carbonyl (C=O) groups is 1. The molecule has 0 saturated heterocycles. The first kappa shape index (κ1) is 18.8. The normalized spacial score (nSPS) is 10.4. The molecule has 0 heterocycles. The number of hydrogen-bond donors (Lipinski definition) is 2. The Morgan fingerprint density at radius 3 is 2.28 bits per heavy atom. The largest absolute Gasteiger partial charge is 0.385 e. The van der Waals surface area contributed by atoms with Gasteiger partial charge in [0.2, 0.25) is 5.91 Å². The van der Waals surface area contributed by atoms with Gasteiger partial charge in [-0.05, 0) is 63.6 Å². The molecule has 2 rings (SSSR count). The summed E-state index contributed by atoms with van der Waals surface area (Å²) in [5, 5.41) is 6.29. The molecule has 0 radical (unpaired) electrons. The fraction of sp³-hybridized carbons (Fsp3) is 0.381. The van der Waals surface area contributed by atoms with Crippen LogP contribution in [0.1, 0.15) is 31.4 Å². The van der Waals surface area contributed by atoms with Gasteiger partial charge >= 0.3 is 0 Å². The molecule has 4 heteroatoms. The fourth-order valence-electron chi connectivity index (χ4n) is 2.87. The van der Waals surface area contributed by atoms with E-state index in [1.54, 1.807) is 0 Å². The van der Waals surface area contributed by atoms with E-state index < -0.39 is 0 Å². The van der Waals surface area contributed by atoms with Crippen LogP contribution in [0.4, 0.5) is 17.1 Å². The zero-order valence-electron chi connectivity index (χ0n) is 15.7. The van der Waals surface area contributed by atoms with Gasteiger partial charge in [-0.1, -0.05) is 17.7 Å². The molecule has 0 aromatic heterocycles. The standard InChI is InChI=1S/C21H29N3O/c1-5-24(6-2)19-10-8-18(9-11-19)22-14-13-21(25)23-20-12-7-16(3)15-17(20)4/h7-12,15,22H,5-6,13-14H2,1-4H3,(H,23,25). The van der Waals surface area contributed by atoms with Crippen LogP contribution in [0.2, 0.25) is 0 Å². The molecule has 25 heavy (non-hydrogen) atoms. The third-order valence-corrected chi connectivity index (χ3v) is 4.33. The van der Waals surface area contributed by atoms with Crippen molar-refractivity contribution in [3.63, 3.8) is 0 Å². The van der Waals surface area contributed by atoms with Crippen LogP contribution in [0, 0.1) is 13.8 Å². The molecule has 0 spiro atoms. The molecule has 4 nitrogen and oxygen atoms in total. The SMILES string of the molecule is CCN(CC)c1ccc(NCCC(=O)Nc2ccc(C)cc2C)cc1. The number of benzene rings is 2. The van der Waals surface area contributed by atoms with Gasteiger partial charge in [-0.25, -0.2) is 0 Å². The van der Waals surface area contributed by atoms with Crippen molar-refractivity contribution in [2.45, 2.75) is 34.1 Å². The Hall–Kier alpha value is -2.49. The van der Waals surface area contributed by atoms with Gasteiger partial charge in [0.15, 0.2) is 0 Å². The summed E-state index contributed by atoms with van der Waals surface area (Å²) >= 11 is 0. The Morgan fingerprint density at radius 2 is 1.68 bits per heavy atom. The van der Waals surface area contributed by atoms with Crippen LogP contribution < -0.4 is 15.5 Å². The molecule has 0 aliphatic rings. The average Bonchev–Trinajstić information content (AvgIpc) is 2.60. The predicted molar refractivity (Wildman–Crippen MR) is 108 cm³/mol. The highest BCUT2D eigenvalue weighted by molar-refractivity contribution is 5.91. The summed E-state index contributed by atoms with van der Waals surface area (Å²) in [5.74, 6) is 0.0271. The maximum absolute atomic E-state index is 12.1. The molecular formula is C21H29N3O. The Labute approximate surface area is 151 Å². The van der Waals surface area contributed by atoms with Crippen molar-refractivity contribution in [2.75, 3.05) is 35.2 Å². The lowest BCUT2D eigenvalue weighted by molar-refractivity contribution is -0.115. The average molecular weight is 339 g/mol. The van der Waals surface area contributed by atoms with E-state index in [9.17, 15) is 4.79 Å². The van der Waals surface area contributed by atoms with Crippen molar-refractivity contribution in [2.24, 2.45) is 0 Å². The summed E-state index contributed by atoms with van der Waals surface area (Å²) in [6.07, 6.45) is 0.436. The quantitative estimate of drug-likeness (QED) is 0.739. The highest BCUT2D eigenvalue weighted by atomic mass is 16.1. The number of rotatable bonds is 8. The summed E-state index contributed by atoms with van der Waals surface area (Å²) in [7, 11) is 0. The van der Waals surface area contributed by atoms with E-state index in [1.807, 2.05) is 26.0 Å². The molecule has 134 valence electrons. The van der Waals surface area contributed by atoms with Crippen LogP contribution >= 0.6 is 0 Å². The van der Waals surface area contributed by atoms with Gasteiger partial charge in [0, 0.05) is 43.1 Å². The van der Waals surface area contributed by atoms with Crippen molar-refractivity contribution in [1.29, 1.82) is 0 Å². The number of nitrogens with zero attached hydrogens (tertiary/aromatic N) is 1. The van der Waals surface area contributed by atoms with Crippen molar-refractivity contribution in [1.82, 2.24) is 0 Å². The second-order valence-corrected chi connectivity index (χ2v) is 6.26. The Kier molecular flexibility index (Phi) is 6.87. The topological polar surface area (TPSA) is 44.4 Å². The van der Waals surface area contributed by atoms with Gasteiger partial charge in [0.1, 0.15) is 0 Å². The summed E-state index contributed by atoms with van der Waals surface area (Å²) in [6, 6.07) is 14.4. The first-order valence-electron chi connectivity index (χ1n) is 8.99. The molecule has 0 aliphatic heterocycles. The molecule has 0 atom stereocenters. The number of nitrogens with one attached hydrogen (secondary N) is 2. The van der Waals surface area contributed by atoms with Gasteiger partial charge in [-0.3, -0.25) is 4.79 Å². The van der Waals surface area contributed by atoms with E-state index in [4.69, 9.17) is 0 Å². The van der Waals surface area contributed by atoms with E-state index in [0.717, 1.165) is 30.0 Å². The summed E-state index contributed by atoms with van der Waals surface area (Å²) < 4.78 is 0. The van der Waals surface area contributed by atoms with Gasteiger partial charge < -0.3 is 15.5 Å². The zero-order chi connectivity index (χ0) is 18.2. The van der Waals surface area contributed by atoms with Gasteiger partial charge in [0.05, 0.1) is 0 Å². The third kappa shape index (κ3) is 5.52.